The van der Waals surface area contributed by atoms with Crippen LogP contribution in [0.4, 0.5) is 11.4 Å². The number of piperidine rings is 2. The number of anilines is 2. The maximum atomic E-state index is 6.21. The predicted molar refractivity (Wildman–Crippen MR) is 114 cm³/mol. The van der Waals surface area contributed by atoms with Gasteiger partial charge in [0.2, 0.25) is 0 Å². The van der Waals surface area contributed by atoms with Crippen LogP contribution in [0.1, 0.15) is 25.7 Å². The lowest BCUT2D eigenvalue weighted by atomic mass is 10.1. The summed E-state index contributed by atoms with van der Waals surface area (Å²) in [6.07, 6.45) is 4.92. The molecular weight excluding hydrogens is 350 g/mol. The van der Waals surface area contributed by atoms with E-state index in [2.05, 4.69) is 46.8 Å². The number of hydrogen-bond acceptors (Lipinski definition) is 5. The van der Waals surface area contributed by atoms with Crippen molar-refractivity contribution in [2.24, 2.45) is 0 Å². The smallest absolute Gasteiger partial charge is 0.121 e. The zero-order chi connectivity index (χ0) is 19.2. The summed E-state index contributed by atoms with van der Waals surface area (Å²) in [6.45, 7) is 4.28. The van der Waals surface area contributed by atoms with Gasteiger partial charge in [-0.2, -0.15) is 0 Å². The SMILES string of the molecule is CN1CCC(Oc2cccc(Nc3cccc(OC4CCNCC4)c3)c2)CC1. The summed E-state index contributed by atoms with van der Waals surface area (Å²) < 4.78 is 12.4. The minimum Gasteiger partial charge on any atom is -0.490 e. The van der Waals surface area contributed by atoms with Crippen molar-refractivity contribution in [3.05, 3.63) is 48.5 Å². The third-order valence-corrected chi connectivity index (χ3v) is 5.51. The van der Waals surface area contributed by atoms with E-state index in [-0.39, 0.29) is 0 Å². The highest BCUT2D eigenvalue weighted by Gasteiger charge is 2.18. The summed E-state index contributed by atoms with van der Waals surface area (Å²) in [5.41, 5.74) is 2.06. The summed E-state index contributed by atoms with van der Waals surface area (Å²) in [4.78, 5) is 2.36. The van der Waals surface area contributed by atoms with Gasteiger partial charge in [-0.05, 0) is 70.1 Å². The molecule has 4 rings (SSSR count). The molecule has 150 valence electrons. The van der Waals surface area contributed by atoms with E-state index in [0.29, 0.717) is 12.2 Å². The number of nitrogens with one attached hydrogen (secondary N) is 2. The second kappa shape index (κ2) is 9.30. The number of benzene rings is 2. The molecule has 0 aromatic heterocycles. The fraction of sp³-hybridized carbons (Fsp3) is 0.478. The maximum Gasteiger partial charge on any atom is 0.121 e. The third-order valence-electron chi connectivity index (χ3n) is 5.51. The number of likely N-dealkylation sites (tertiary alicyclic amines) is 1. The molecule has 5 heteroatoms. The Morgan fingerprint density at radius 2 is 1.36 bits per heavy atom. The van der Waals surface area contributed by atoms with Crippen molar-refractivity contribution in [2.45, 2.75) is 37.9 Å². The molecule has 2 aromatic rings. The van der Waals surface area contributed by atoms with E-state index >= 15 is 0 Å². The quantitative estimate of drug-likeness (QED) is 0.791. The van der Waals surface area contributed by atoms with Crippen molar-refractivity contribution in [2.75, 3.05) is 38.5 Å². The first-order chi connectivity index (χ1) is 13.7. The van der Waals surface area contributed by atoms with Crippen molar-refractivity contribution < 1.29 is 9.47 Å². The number of rotatable bonds is 6. The molecular formula is C23H31N3O2. The second-order valence-corrected chi connectivity index (χ2v) is 7.87. The minimum atomic E-state index is 0.308. The van der Waals surface area contributed by atoms with E-state index in [0.717, 1.165) is 74.7 Å². The molecule has 2 fully saturated rings. The highest BCUT2D eigenvalue weighted by molar-refractivity contribution is 5.62. The molecule has 0 saturated carbocycles. The van der Waals surface area contributed by atoms with Crippen molar-refractivity contribution in [1.82, 2.24) is 10.2 Å². The normalized spacial score (nSPS) is 19.3. The highest BCUT2D eigenvalue weighted by atomic mass is 16.5. The molecule has 5 nitrogen and oxygen atoms in total. The molecule has 2 saturated heterocycles. The Hall–Kier alpha value is -2.24. The lowest BCUT2D eigenvalue weighted by Crippen LogP contribution is -2.35. The lowest BCUT2D eigenvalue weighted by molar-refractivity contribution is 0.114. The van der Waals surface area contributed by atoms with Crippen molar-refractivity contribution in [3.63, 3.8) is 0 Å². The number of ether oxygens (including phenoxy) is 2. The van der Waals surface area contributed by atoms with Gasteiger partial charge in [0.05, 0.1) is 0 Å². The summed E-state index contributed by atoms with van der Waals surface area (Å²) >= 11 is 0. The minimum absolute atomic E-state index is 0.308. The van der Waals surface area contributed by atoms with Crippen LogP contribution in [0, 0.1) is 0 Å². The molecule has 28 heavy (non-hydrogen) atoms. The first kappa shape index (κ1) is 19.1. The Balaban J connectivity index is 1.36. The van der Waals surface area contributed by atoms with Gasteiger partial charge < -0.3 is 25.0 Å². The Morgan fingerprint density at radius 1 is 0.821 bits per heavy atom. The maximum absolute atomic E-state index is 6.21. The van der Waals surface area contributed by atoms with Gasteiger partial charge in [0.25, 0.3) is 0 Å². The van der Waals surface area contributed by atoms with Gasteiger partial charge in [-0.15, -0.1) is 0 Å². The van der Waals surface area contributed by atoms with Crippen molar-refractivity contribution >= 4 is 11.4 Å². The van der Waals surface area contributed by atoms with Gasteiger partial charge in [-0.1, -0.05) is 12.1 Å². The van der Waals surface area contributed by atoms with Gasteiger partial charge in [0.15, 0.2) is 0 Å². The Labute approximate surface area is 168 Å². The molecule has 0 atom stereocenters. The average molecular weight is 382 g/mol. The molecule has 0 spiro atoms. The molecule has 0 bridgehead atoms. The fourth-order valence-electron chi connectivity index (χ4n) is 3.86. The van der Waals surface area contributed by atoms with Crippen LogP contribution in [0.5, 0.6) is 11.5 Å². The summed E-state index contributed by atoms with van der Waals surface area (Å²) in [5, 5.41) is 6.86. The number of nitrogens with zero attached hydrogens (tertiary/aromatic N) is 1. The van der Waals surface area contributed by atoms with E-state index in [1.165, 1.54) is 0 Å². The third kappa shape index (κ3) is 5.40. The molecule has 2 aromatic carbocycles. The zero-order valence-corrected chi connectivity index (χ0v) is 16.7. The van der Waals surface area contributed by atoms with Crippen LogP contribution in [-0.2, 0) is 0 Å². The highest BCUT2D eigenvalue weighted by Crippen LogP contribution is 2.27. The van der Waals surface area contributed by atoms with Crippen LogP contribution < -0.4 is 20.1 Å². The monoisotopic (exact) mass is 381 g/mol. The summed E-state index contributed by atoms with van der Waals surface area (Å²) in [6, 6.07) is 16.5. The first-order valence-electron chi connectivity index (χ1n) is 10.4. The van der Waals surface area contributed by atoms with Crippen LogP contribution in [0.25, 0.3) is 0 Å². The van der Waals surface area contributed by atoms with E-state index in [1.54, 1.807) is 0 Å². The largest absolute Gasteiger partial charge is 0.490 e. The van der Waals surface area contributed by atoms with Crippen molar-refractivity contribution in [3.8, 4) is 11.5 Å². The van der Waals surface area contributed by atoms with Crippen LogP contribution in [0.3, 0.4) is 0 Å². The van der Waals surface area contributed by atoms with Gasteiger partial charge in [-0.3, -0.25) is 0 Å². The van der Waals surface area contributed by atoms with Gasteiger partial charge >= 0.3 is 0 Å². The molecule has 2 N–H and O–H groups in total. The van der Waals surface area contributed by atoms with Gasteiger partial charge in [-0.25, -0.2) is 0 Å². The Morgan fingerprint density at radius 3 is 1.93 bits per heavy atom. The van der Waals surface area contributed by atoms with E-state index in [4.69, 9.17) is 9.47 Å². The van der Waals surface area contributed by atoms with E-state index in [9.17, 15) is 0 Å². The standard InChI is InChI=1S/C23H31N3O2/c1-26-14-10-21(11-15-26)28-23-7-3-5-19(17-23)25-18-4-2-6-22(16-18)27-20-8-12-24-13-9-20/h2-7,16-17,20-21,24-25H,8-15H2,1H3. The van der Waals surface area contributed by atoms with E-state index in [1.807, 2.05) is 24.3 Å². The van der Waals surface area contributed by atoms with Crippen LogP contribution in [0.15, 0.2) is 48.5 Å². The van der Waals surface area contributed by atoms with Crippen molar-refractivity contribution in [1.29, 1.82) is 0 Å². The van der Waals surface area contributed by atoms with Crippen LogP contribution in [-0.4, -0.2) is 50.3 Å². The molecule has 0 amide bonds. The molecule has 0 aliphatic carbocycles. The Bertz CT molecular complexity index is 753. The van der Waals surface area contributed by atoms with Crippen LogP contribution >= 0.6 is 0 Å². The first-order valence-corrected chi connectivity index (χ1v) is 10.4. The second-order valence-electron chi connectivity index (χ2n) is 7.87. The molecule has 0 radical (unpaired) electrons. The van der Waals surface area contributed by atoms with Gasteiger partial charge in [0, 0.05) is 36.6 Å². The molecule has 2 heterocycles. The lowest BCUT2D eigenvalue weighted by Gasteiger charge is -2.29. The molecule has 2 aliphatic rings. The average Bonchev–Trinajstić information content (AvgIpc) is 2.71. The summed E-state index contributed by atoms with van der Waals surface area (Å²) in [7, 11) is 2.17. The van der Waals surface area contributed by atoms with Gasteiger partial charge in [0.1, 0.15) is 23.7 Å². The fourth-order valence-corrected chi connectivity index (χ4v) is 3.86. The molecule has 0 unspecified atom stereocenters. The zero-order valence-electron chi connectivity index (χ0n) is 16.7. The predicted octanol–water partition coefficient (Wildman–Crippen LogP) is 4.03. The van der Waals surface area contributed by atoms with E-state index < -0.39 is 0 Å². The molecule has 2 aliphatic heterocycles. The summed E-state index contributed by atoms with van der Waals surface area (Å²) in [5.74, 6) is 1.86. The Kier molecular flexibility index (Phi) is 6.34. The van der Waals surface area contributed by atoms with Crippen LogP contribution in [0.2, 0.25) is 0 Å². The number of hydrogen-bond donors (Lipinski definition) is 2. The topological polar surface area (TPSA) is 45.8 Å².